The third-order valence-corrected chi connectivity index (χ3v) is 5.23. The molecule has 2 aromatic carbocycles. The maximum absolute atomic E-state index is 12.4. The molecule has 1 fully saturated rings. The van der Waals surface area contributed by atoms with Gasteiger partial charge in [-0.25, -0.2) is 0 Å². The van der Waals surface area contributed by atoms with Crippen LogP contribution in [-0.2, 0) is 20.8 Å². The van der Waals surface area contributed by atoms with E-state index in [0.717, 1.165) is 6.42 Å². The van der Waals surface area contributed by atoms with Crippen LogP contribution in [0, 0.1) is 5.92 Å². The van der Waals surface area contributed by atoms with E-state index in [1.807, 2.05) is 24.3 Å². The Morgan fingerprint density at radius 2 is 1.84 bits per heavy atom. The number of aliphatic hydroxyl groups excluding tert-OH is 1. The number of ether oxygens (including phenoxy) is 1. The van der Waals surface area contributed by atoms with Gasteiger partial charge < -0.3 is 25.4 Å². The monoisotopic (exact) mass is 439 g/mol. The Hall–Kier alpha value is -3.39. The smallest absolute Gasteiger partial charge is 0.262 e. The van der Waals surface area contributed by atoms with Crippen LogP contribution in [0.15, 0.2) is 48.5 Å². The number of hydrogen-bond acceptors (Lipinski definition) is 5. The van der Waals surface area contributed by atoms with Crippen LogP contribution in [0.5, 0.6) is 5.75 Å². The van der Waals surface area contributed by atoms with Crippen LogP contribution in [0.1, 0.15) is 25.8 Å². The van der Waals surface area contributed by atoms with Gasteiger partial charge in [-0.05, 0) is 55.3 Å². The zero-order chi connectivity index (χ0) is 23.1. The topological polar surface area (TPSA) is 108 Å². The fourth-order valence-electron chi connectivity index (χ4n) is 3.42. The normalized spacial score (nSPS) is 16.5. The van der Waals surface area contributed by atoms with Gasteiger partial charge in [0, 0.05) is 30.9 Å². The third-order valence-electron chi connectivity index (χ3n) is 5.23. The Bertz CT molecular complexity index is 941. The van der Waals surface area contributed by atoms with Crippen molar-refractivity contribution in [1.29, 1.82) is 0 Å². The molecule has 0 saturated carbocycles. The van der Waals surface area contributed by atoms with Gasteiger partial charge in [0.1, 0.15) is 5.75 Å². The van der Waals surface area contributed by atoms with Crippen LogP contribution in [-0.4, -0.2) is 48.6 Å². The predicted octanol–water partition coefficient (Wildman–Crippen LogP) is 2.12. The van der Waals surface area contributed by atoms with Crippen molar-refractivity contribution >= 4 is 29.1 Å². The Morgan fingerprint density at radius 3 is 2.47 bits per heavy atom. The number of benzene rings is 2. The van der Waals surface area contributed by atoms with Crippen molar-refractivity contribution in [2.24, 2.45) is 5.92 Å². The molecule has 8 heteroatoms. The van der Waals surface area contributed by atoms with Crippen LogP contribution in [0.25, 0.3) is 0 Å². The summed E-state index contributed by atoms with van der Waals surface area (Å²) in [7, 11) is 0. The molecule has 0 bridgehead atoms. The van der Waals surface area contributed by atoms with Gasteiger partial charge in [0.2, 0.25) is 11.8 Å². The highest BCUT2D eigenvalue weighted by Crippen LogP contribution is 2.27. The van der Waals surface area contributed by atoms with Gasteiger partial charge in [-0.2, -0.15) is 0 Å². The molecule has 1 aliphatic heterocycles. The fraction of sp³-hybridized carbons (Fsp3) is 0.375. The summed E-state index contributed by atoms with van der Waals surface area (Å²) in [4.78, 5) is 38.2. The second-order valence-electron chi connectivity index (χ2n) is 7.88. The number of amides is 3. The van der Waals surface area contributed by atoms with E-state index in [0.29, 0.717) is 17.1 Å². The molecule has 2 aromatic rings. The van der Waals surface area contributed by atoms with Crippen molar-refractivity contribution in [3.8, 4) is 5.75 Å². The molecule has 3 rings (SSSR count). The molecule has 0 radical (unpaired) electrons. The first kappa shape index (κ1) is 23.3. The van der Waals surface area contributed by atoms with E-state index in [1.165, 1.54) is 5.56 Å². The SMILES string of the molecule is CCc1ccc(NC(=O)COc2ccc(N3C[C@@H](C(=O)NC[C@H](C)O)CC3=O)cc2)cc1. The summed E-state index contributed by atoms with van der Waals surface area (Å²) in [5.74, 6) is -0.587. The van der Waals surface area contributed by atoms with E-state index in [1.54, 1.807) is 36.1 Å². The zero-order valence-electron chi connectivity index (χ0n) is 18.3. The third kappa shape index (κ3) is 6.31. The van der Waals surface area contributed by atoms with E-state index >= 15 is 0 Å². The lowest BCUT2D eigenvalue weighted by Crippen LogP contribution is -2.36. The number of nitrogens with zero attached hydrogens (tertiary/aromatic N) is 1. The highest BCUT2D eigenvalue weighted by atomic mass is 16.5. The maximum atomic E-state index is 12.4. The highest BCUT2D eigenvalue weighted by Gasteiger charge is 2.35. The predicted molar refractivity (Wildman–Crippen MR) is 122 cm³/mol. The lowest BCUT2D eigenvalue weighted by molar-refractivity contribution is -0.126. The minimum absolute atomic E-state index is 0.128. The molecule has 0 spiro atoms. The second kappa shape index (κ2) is 10.8. The Morgan fingerprint density at radius 1 is 1.16 bits per heavy atom. The summed E-state index contributed by atoms with van der Waals surface area (Å²) in [6, 6.07) is 14.5. The minimum atomic E-state index is -0.636. The average Bonchev–Trinajstić information content (AvgIpc) is 3.18. The van der Waals surface area contributed by atoms with Crippen molar-refractivity contribution in [1.82, 2.24) is 5.32 Å². The first-order chi connectivity index (χ1) is 15.4. The summed E-state index contributed by atoms with van der Waals surface area (Å²) in [5.41, 5.74) is 2.57. The van der Waals surface area contributed by atoms with Crippen LogP contribution in [0.3, 0.4) is 0 Å². The minimum Gasteiger partial charge on any atom is -0.484 e. The molecule has 0 aliphatic carbocycles. The summed E-state index contributed by atoms with van der Waals surface area (Å²) >= 11 is 0. The lowest BCUT2D eigenvalue weighted by Gasteiger charge is -2.17. The summed E-state index contributed by atoms with van der Waals surface area (Å²) in [6.45, 7) is 3.96. The molecule has 2 atom stereocenters. The number of carbonyl (C=O) groups is 3. The van der Waals surface area contributed by atoms with Crippen LogP contribution in [0.4, 0.5) is 11.4 Å². The van der Waals surface area contributed by atoms with Crippen molar-refractivity contribution in [2.75, 3.05) is 29.9 Å². The first-order valence-electron chi connectivity index (χ1n) is 10.7. The molecule has 0 unspecified atom stereocenters. The quantitative estimate of drug-likeness (QED) is 0.555. The largest absolute Gasteiger partial charge is 0.484 e. The summed E-state index contributed by atoms with van der Waals surface area (Å²) in [5, 5.41) is 14.7. The number of carbonyl (C=O) groups excluding carboxylic acids is 3. The van der Waals surface area contributed by atoms with Crippen molar-refractivity contribution in [3.05, 3.63) is 54.1 Å². The number of aryl methyl sites for hydroxylation is 1. The van der Waals surface area contributed by atoms with E-state index < -0.39 is 12.0 Å². The molecular weight excluding hydrogens is 410 g/mol. The molecule has 1 aliphatic rings. The van der Waals surface area contributed by atoms with Crippen molar-refractivity contribution < 1.29 is 24.2 Å². The summed E-state index contributed by atoms with van der Waals surface area (Å²) in [6.07, 6.45) is 0.430. The Labute approximate surface area is 187 Å². The molecule has 170 valence electrons. The van der Waals surface area contributed by atoms with E-state index in [4.69, 9.17) is 4.74 Å². The fourth-order valence-corrected chi connectivity index (χ4v) is 3.42. The zero-order valence-corrected chi connectivity index (χ0v) is 18.3. The van der Waals surface area contributed by atoms with E-state index in [2.05, 4.69) is 17.6 Å². The van der Waals surface area contributed by atoms with E-state index in [9.17, 15) is 19.5 Å². The molecule has 3 amide bonds. The first-order valence-corrected chi connectivity index (χ1v) is 10.7. The van der Waals surface area contributed by atoms with Crippen molar-refractivity contribution in [3.63, 3.8) is 0 Å². The van der Waals surface area contributed by atoms with Gasteiger partial charge in [-0.3, -0.25) is 14.4 Å². The van der Waals surface area contributed by atoms with Crippen LogP contribution in [0.2, 0.25) is 0 Å². The van der Waals surface area contributed by atoms with Gasteiger partial charge in [0.15, 0.2) is 6.61 Å². The van der Waals surface area contributed by atoms with Crippen LogP contribution >= 0.6 is 0 Å². The number of anilines is 2. The van der Waals surface area contributed by atoms with Gasteiger partial charge in [-0.15, -0.1) is 0 Å². The Balaban J connectivity index is 1.49. The van der Waals surface area contributed by atoms with E-state index in [-0.39, 0.29) is 43.8 Å². The number of rotatable bonds is 9. The van der Waals surface area contributed by atoms with Gasteiger partial charge in [-0.1, -0.05) is 19.1 Å². The Kier molecular flexibility index (Phi) is 7.83. The van der Waals surface area contributed by atoms with Crippen LogP contribution < -0.4 is 20.3 Å². The molecule has 3 N–H and O–H groups in total. The maximum Gasteiger partial charge on any atom is 0.262 e. The second-order valence-corrected chi connectivity index (χ2v) is 7.88. The van der Waals surface area contributed by atoms with Gasteiger partial charge in [0.05, 0.1) is 12.0 Å². The van der Waals surface area contributed by atoms with Crippen molar-refractivity contribution in [2.45, 2.75) is 32.8 Å². The van der Waals surface area contributed by atoms with Gasteiger partial charge in [0.25, 0.3) is 5.91 Å². The van der Waals surface area contributed by atoms with Gasteiger partial charge >= 0.3 is 0 Å². The summed E-state index contributed by atoms with van der Waals surface area (Å²) < 4.78 is 5.54. The molecule has 1 saturated heterocycles. The lowest BCUT2D eigenvalue weighted by atomic mass is 10.1. The molecule has 32 heavy (non-hydrogen) atoms. The highest BCUT2D eigenvalue weighted by molar-refractivity contribution is 6.00. The molecule has 0 aromatic heterocycles. The number of hydrogen-bond donors (Lipinski definition) is 3. The molecular formula is C24H29N3O5. The standard InChI is InChI=1S/C24H29N3O5/c1-3-17-4-6-19(7-5-17)26-22(29)15-32-21-10-8-20(9-11-21)27-14-18(12-23(27)30)24(31)25-13-16(2)28/h4-11,16,18,28H,3,12-15H2,1-2H3,(H,25,31)(H,26,29)/t16-,18-/m0/s1. The molecule has 1 heterocycles. The number of nitrogens with one attached hydrogen (secondary N) is 2. The average molecular weight is 440 g/mol. The number of aliphatic hydroxyl groups is 1. The molecule has 8 nitrogen and oxygen atoms in total.